The number of aromatic nitrogens is 3. The lowest BCUT2D eigenvalue weighted by Gasteiger charge is -2.03. The summed E-state index contributed by atoms with van der Waals surface area (Å²) < 4.78 is 5.72. The van der Waals surface area contributed by atoms with Crippen LogP contribution in [0.4, 0.5) is 5.69 Å². The van der Waals surface area contributed by atoms with E-state index in [2.05, 4.69) is 20.5 Å². The SMILES string of the molecule is Cc1sc(-c2nnc(C3CC3)o2)cc1NC(=O)c1ccc(Cl)nc1. The van der Waals surface area contributed by atoms with Crippen molar-refractivity contribution in [3.63, 3.8) is 0 Å². The molecule has 24 heavy (non-hydrogen) atoms. The molecule has 1 aliphatic carbocycles. The molecule has 3 heterocycles. The van der Waals surface area contributed by atoms with Crippen LogP contribution >= 0.6 is 22.9 Å². The Morgan fingerprint density at radius 1 is 1.38 bits per heavy atom. The number of thiophene rings is 1. The average Bonchev–Trinajstić information content (AvgIpc) is 3.19. The lowest BCUT2D eigenvalue weighted by atomic mass is 10.2. The van der Waals surface area contributed by atoms with E-state index in [1.807, 2.05) is 13.0 Å². The third kappa shape index (κ3) is 3.05. The molecule has 0 saturated heterocycles. The number of aryl methyl sites for hydroxylation is 1. The summed E-state index contributed by atoms with van der Waals surface area (Å²) in [4.78, 5) is 18.0. The normalized spacial score (nSPS) is 13.9. The molecule has 3 aromatic rings. The van der Waals surface area contributed by atoms with Crippen LogP contribution in [0.15, 0.2) is 28.8 Å². The first kappa shape index (κ1) is 15.3. The highest BCUT2D eigenvalue weighted by atomic mass is 35.5. The molecule has 1 N–H and O–H groups in total. The molecule has 4 rings (SSSR count). The van der Waals surface area contributed by atoms with Gasteiger partial charge in [0.25, 0.3) is 11.8 Å². The summed E-state index contributed by atoms with van der Waals surface area (Å²) in [5.41, 5.74) is 1.17. The predicted octanol–water partition coefficient (Wildman–Crippen LogP) is 4.28. The van der Waals surface area contributed by atoms with E-state index in [9.17, 15) is 4.79 Å². The van der Waals surface area contributed by atoms with Crippen molar-refractivity contribution in [2.24, 2.45) is 0 Å². The third-order valence-electron chi connectivity index (χ3n) is 3.73. The summed E-state index contributed by atoms with van der Waals surface area (Å²) in [6.45, 7) is 1.93. The van der Waals surface area contributed by atoms with E-state index in [1.54, 1.807) is 12.1 Å². The van der Waals surface area contributed by atoms with Crippen molar-refractivity contribution in [1.29, 1.82) is 0 Å². The Bertz CT molecular complexity index is 899. The number of anilines is 1. The number of rotatable bonds is 4. The molecule has 8 heteroatoms. The fraction of sp³-hybridized carbons (Fsp3) is 0.250. The molecule has 6 nitrogen and oxygen atoms in total. The molecule has 1 amide bonds. The van der Waals surface area contributed by atoms with Crippen LogP contribution in [-0.4, -0.2) is 21.1 Å². The quantitative estimate of drug-likeness (QED) is 0.702. The van der Waals surface area contributed by atoms with Crippen molar-refractivity contribution in [2.75, 3.05) is 5.32 Å². The van der Waals surface area contributed by atoms with Gasteiger partial charge in [-0.15, -0.1) is 21.5 Å². The van der Waals surface area contributed by atoms with E-state index in [4.69, 9.17) is 16.0 Å². The zero-order chi connectivity index (χ0) is 16.7. The summed E-state index contributed by atoms with van der Waals surface area (Å²) in [6.07, 6.45) is 3.67. The smallest absolute Gasteiger partial charge is 0.257 e. The van der Waals surface area contributed by atoms with Crippen LogP contribution in [0.2, 0.25) is 5.15 Å². The van der Waals surface area contributed by atoms with Crippen molar-refractivity contribution in [3.8, 4) is 10.8 Å². The molecule has 1 aliphatic rings. The molecular weight excluding hydrogens is 348 g/mol. The average molecular weight is 361 g/mol. The molecule has 0 radical (unpaired) electrons. The molecule has 122 valence electrons. The van der Waals surface area contributed by atoms with Gasteiger partial charge in [0.2, 0.25) is 5.89 Å². The number of halogens is 1. The molecule has 0 atom stereocenters. The Hall–Kier alpha value is -2.25. The fourth-order valence-electron chi connectivity index (χ4n) is 2.25. The van der Waals surface area contributed by atoms with Gasteiger partial charge in [-0.1, -0.05) is 11.6 Å². The van der Waals surface area contributed by atoms with Crippen molar-refractivity contribution in [1.82, 2.24) is 15.2 Å². The second-order valence-electron chi connectivity index (χ2n) is 5.62. The minimum atomic E-state index is -0.240. The maximum Gasteiger partial charge on any atom is 0.257 e. The maximum absolute atomic E-state index is 12.3. The van der Waals surface area contributed by atoms with Gasteiger partial charge >= 0.3 is 0 Å². The minimum absolute atomic E-state index is 0.240. The van der Waals surface area contributed by atoms with Crippen LogP contribution in [0.5, 0.6) is 0 Å². The largest absolute Gasteiger partial charge is 0.420 e. The number of carbonyl (C=O) groups excluding carboxylic acids is 1. The molecule has 1 fully saturated rings. The van der Waals surface area contributed by atoms with Gasteiger partial charge in [0, 0.05) is 17.0 Å². The summed E-state index contributed by atoms with van der Waals surface area (Å²) in [6, 6.07) is 5.07. The highest BCUT2D eigenvalue weighted by molar-refractivity contribution is 7.15. The van der Waals surface area contributed by atoms with Gasteiger partial charge in [0.05, 0.1) is 16.1 Å². The Morgan fingerprint density at radius 3 is 2.92 bits per heavy atom. The molecule has 3 aromatic heterocycles. The molecule has 0 unspecified atom stereocenters. The van der Waals surface area contributed by atoms with Gasteiger partial charge < -0.3 is 9.73 Å². The van der Waals surface area contributed by atoms with E-state index >= 15 is 0 Å². The Balaban J connectivity index is 1.54. The maximum atomic E-state index is 12.3. The Morgan fingerprint density at radius 2 is 2.21 bits per heavy atom. The number of pyridine rings is 1. The van der Waals surface area contributed by atoms with Gasteiger partial charge in [0.1, 0.15) is 5.15 Å². The molecule has 0 aliphatic heterocycles. The van der Waals surface area contributed by atoms with Crippen LogP contribution in [0.25, 0.3) is 10.8 Å². The second-order valence-corrected chi connectivity index (χ2v) is 7.27. The summed E-state index contributed by atoms with van der Waals surface area (Å²) in [5.74, 6) is 1.38. The second kappa shape index (κ2) is 5.99. The highest BCUT2D eigenvalue weighted by Crippen LogP contribution is 2.41. The minimum Gasteiger partial charge on any atom is -0.420 e. The van der Waals surface area contributed by atoms with E-state index in [-0.39, 0.29) is 5.91 Å². The molecule has 0 spiro atoms. The molecule has 0 bridgehead atoms. The van der Waals surface area contributed by atoms with Crippen LogP contribution in [0, 0.1) is 6.92 Å². The van der Waals surface area contributed by atoms with Crippen LogP contribution in [0.3, 0.4) is 0 Å². The molecular formula is C16H13ClN4O2S. The van der Waals surface area contributed by atoms with E-state index in [0.717, 1.165) is 28.3 Å². The zero-order valence-corrected chi connectivity index (χ0v) is 14.3. The number of hydrogen-bond acceptors (Lipinski definition) is 6. The monoisotopic (exact) mass is 360 g/mol. The molecule has 1 saturated carbocycles. The van der Waals surface area contributed by atoms with Gasteiger partial charge in [-0.2, -0.15) is 0 Å². The standard InChI is InChI=1S/C16H13ClN4O2S/c1-8-11(19-14(22)10-4-5-13(17)18-7-10)6-12(24-8)16-21-20-15(23-16)9-2-3-9/h4-7,9H,2-3H2,1H3,(H,19,22). The summed E-state index contributed by atoms with van der Waals surface area (Å²) in [7, 11) is 0. The third-order valence-corrected chi connectivity index (χ3v) is 5.00. The van der Waals surface area contributed by atoms with Crippen molar-refractivity contribution in [2.45, 2.75) is 25.7 Å². The van der Waals surface area contributed by atoms with Gasteiger partial charge in [-0.25, -0.2) is 4.98 Å². The fourth-order valence-corrected chi connectivity index (χ4v) is 3.25. The van der Waals surface area contributed by atoms with Crippen LogP contribution < -0.4 is 5.32 Å². The lowest BCUT2D eigenvalue weighted by molar-refractivity contribution is 0.102. The number of amides is 1. The van der Waals surface area contributed by atoms with Crippen molar-refractivity contribution < 1.29 is 9.21 Å². The summed E-state index contributed by atoms with van der Waals surface area (Å²) >= 11 is 7.24. The summed E-state index contributed by atoms with van der Waals surface area (Å²) in [5, 5.41) is 11.4. The number of carbonyl (C=O) groups is 1. The molecule has 0 aromatic carbocycles. The predicted molar refractivity (Wildman–Crippen MR) is 91.5 cm³/mol. The van der Waals surface area contributed by atoms with E-state index in [0.29, 0.717) is 28.4 Å². The van der Waals surface area contributed by atoms with Crippen LogP contribution in [0.1, 0.15) is 39.9 Å². The van der Waals surface area contributed by atoms with Crippen molar-refractivity contribution in [3.05, 3.63) is 45.9 Å². The Labute approximate surface area is 146 Å². The van der Waals surface area contributed by atoms with E-state index in [1.165, 1.54) is 17.5 Å². The van der Waals surface area contributed by atoms with Crippen molar-refractivity contribution >= 4 is 34.5 Å². The number of nitrogens with one attached hydrogen (secondary N) is 1. The van der Waals surface area contributed by atoms with Crippen LogP contribution in [-0.2, 0) is 0 Å². The lowest BCUT2D eigenvalue weighted by Crippen LogP contribution is -2.12. The van der Waals surface area contributed by atoms with E-state index < -0.39 is 0 Å². The van der Waals surface area contributed by atoms with Gasteiger partial charge in [0.15, 0.2) is 0 Å². The highest BCUT2D eigenvalue weighted by Gasteiger charge is 2.29. The van der Waals surface area contributed by atoms with Gasteiger partial charge in [-0.3, -0.25) is 4.79 Å². The topological polar surface area (TPSA) is 80.9 Å². The Kier molecular flexibility index (Phi) is 3.82. The zero-order valence-electron chi connectivity index (χ0n) is 12.7. The first-order valence-electron chi connectivity index (χ1n) is 7.47. The first-order chi connectivity index (χ1) is 11.6. The van der Waals surface area contributed by atoms with Gasteiger partial charge in [-0.05, 0) is 38.0 Å². The first-order valence-corrected chi connectivity index (χ1v) is 8.66. The number of hydrogen-bond donors (Lipinski definition) is 1. The number of nitrogens with zero attached hydrogens (tertiary/aromatic N) is 3.